The topological polar surface area (TPSA) is 106 Å². The van der Waals surface area contributed by atoms with Gasteiger partial charge >= 0.3 is 5.63 Å². The fraction of sp³-hybridized carbons (Fsp3) is 0. The number of hydrogen-bond donors (Lipinski definition) is 1. The molecular formula is C16H10N2O5. The average molecular weight is 310 g/mol. The van der Waals surface area contributed by atoms with Crippen molar-refractivity contribution in [2.45, 2.75) is 0 Å². The standard InChI is InChI=1S/C16H10N2O5/c19-14(10-5-7-11(8-6-10)18(21)22)9-13-16(20)23-15-4-2-1-3-12(15)17-13/h1-9,19H. The van der Waals surface area contributed by atoms with E-state index in [-0.39, 0.29) is 17.1 Å². The van der Waals surface area contributed by atoms with Gasteiger partial charge in [-0.05, 0) is 24.3 Å². The summed E-state index contributed by atoms with van der Waals surface area (Å²) in [4.78, 5) is 26.1. The van der Waals surface area contributed by atoms with Crippen LogP contribution in [0.1, 0.15) is 11.3 Å². The molecular weight excluding hydrogens is 300 g/mol. The van der Waals surface area contributed by atoms with Gasteiger partial charge in [0.2, 0.25) is 0 Å². The van der Waals surface area contributed by atoms with Crippen LogP contribution in [0.4, 0.5) is 5.69 Å². The Kier molecular flexibility index (Phi) is 3.60. The van der Waals surface area contributed by atoms with Gasteiger partial charge in [0.05, 0.1) is 4.92 Å². The number of benzene rings is 2. The van der Waals surface area contributed by atoms with Gasteiger partial charge in [-0.25, -0.2) is 9.78 Å². The highest BCUT2D eigenvalue weighted by atomic mass is 16.6. The van der Waals surface area contributed by atoms with Gasteiger partial charge in [-0.3, -0.25) is 10.1 Å². The summed E-state index contributed by atoms with van der Waals surface area (Å²) in [5.74, 6) is -0.241. The fourth-order valence-electron chi connectivity index (χ4n) is 2.02. The first-order valence-corrected chi connectivity index (χ1v) is 6.60. The van der Waals surface area contributed by atoms with E-state index in [0.29, 0.717) is 16.7 Å². The molecule has 0 aliphatic heterocycles. The van der Waals surface area contributed by atoms with Crippen molar-refractivity contribution >= 4 is 28.6 Å². The second-order valence-corrected chi connectivity index (χ2v) is 4.69. The zero-order chi connectivity index (χ0) is 16.4. The van der Waals surface area contributed by atoms with E-state index >= 15 is 0 Å². The molecule has 0 saturated carbocycles. The lowest BCUT2D eigenvalue weighted by molar-refractivity contribution is -0.384. The predicted octanol–water partition coefficient (Wildman–Crippen LogP) is 3.15. The van der Waals surface area contributed by atoms with Crippen LogP contribution in [0, 0.1) is 10.1 Å². The summed E-state index contributed by atoms with van der Waals surface area (Å²) in [7, 11) is 0. The molecule has 0 fully saturated rings. The Balaban J connectivity index is 2.01. The van der Waals surface area contributed by atoms with Gasteiger partial charge in [0.15, 0.2) is 11.3 Å². The molecule has 7 heteroatoms. The summed E-state index contributed by atoms with van der Waals surface area (Å²) in [5.41, 5.74) is 0.325. The fourth-order valence-corrected chi connectivity index (χ4v) is 2.02. The first-order valence-electron chi connectivity index (χ1n) is 6.60. The van der Waals surface area contributed by atoms with E-state index in [1.165, 1.54) is 30.3 Å². The van der Waals surface area contributed by atoms with Crippen molar-refractivity contribution in [2.24, 2.45) is 0 Å². The van der Waals surface area contributed by atoms with E-state index < -0.39 is 10.5 Å². The van der Waals surface area contributed by atoms with Crippen LogP contribution in [0.3, 0.4) is 0 Å². The Morgan fingerprint density at radius 1 is 1.17 bits per heavy atom. The summed E-state index contributed by atoms with van der Waals surface area (Å²) >= 11 is 0. The molecule has 1 aromatic heterocycles. The number of nitrogens with zero attached hydrogens (tertiary/aromatic N) is 2. The lowest BCUT2D eigenvalue weighted by atomic mass is 10.1. The highest BCUT2D eigenvalue weighted by Gasteiger charge is 2.09. The molecule has 2 aromatic carbocycles. The first kappa shape index (κ1) is 14.5. The molecule has 0 spiro atoms. The van der Waals surface area contributed by atoms with Gasteiger partial charge in [-0.15, -0.1) is 0 Å². The third-order valence-corrected chi connectivity index (χ3v) is 3.17. The summed E-state index contributed by atoms with van der Waals surface area (Å²) in [6.07, 6.45) is 1.17. The second kappa shape index (κ2) is 5.72. The molecule has 114 valence electrons. The normalized spacial score (nSPS) is 11.6. The lowest BCUT2D eigenvalue weighted by Gasteiger charge is -2.01. The SMILES string of the molecule is O=c1oc2ccccc2nc1C=C(O)c1ccc([N+](=O)[O-])cc1. The lowest BCUT2D eigenvalue weighted by Crippen LogP contribution is -2.06. The van der Waals surface area contributed by atoms with Crippen molar-refractivity contribution in [3.05, 3.63) is 80.3 Å². The van der Waals surface area contributed by atoms with Gasteiger partial charge in [0, 0.05) is 23.8 Å². The van der Waals surface area contributed by atoms with E-state index in [9.17, 15) is 20.0 Å². The Morgan fingerprint density at radius 2 is 1.87 bits per heavy atom. The van der Waals surface area contributed by atoms with Crippen molar-refractivity contribution < 1.29 is 14.4 Å². The summed E-state index contributed by atoms with van der Waals surface area (Å²) in [6.45, 7) is 0. The Bertz CT molecular complexity index is 974. The molecule has 23 heavy (non-hydrogen) atoms. The smallest absolute Gasteiger partial charge is 0.362 e. The number of hydrogen-bond acceptors (Lipinski definition) is 6. The Morgan fingerprint density at radius 3 is 2.57 bits per heavy atom. The number of rotatable bonds is 3. The van der Waals surface area contributed by atoms with Gasteiger partial charge < -0.3 is 9.52 Å². The monoisotopic (exact) mass is 310 g/mol. The summed E-state index contributed by atoms with van der Waals surface area (Å²) < 4.78 is 5.12. The van der Waals surface area contributed by atoms with Crippen LogP contribution < -0.4 is 5.63 Å². The largest absolute Gasteiger partial charge is 0.507 e. The Labute approximate surface area is 129 Å². The van der Waals surface area contributed by atoms with E-state index in [4.69, 9.17) is 4.42 Å². The molecule has 1 heterocycles. The second-order valence-electron chi connectivity index (χ2n) is 4.69. The van der Waals surface area contributed by atoms with Gasteiger partial charge in [0.1, 0.15) is 11.3 Å². The van der Waals surface area contributed by atoms with E-state index in [1.807, 2.05) is 0 Å². The number of non-ortho nitro benzene ring substituents is 1. The van der Waals surface area contributed by atoms with E-state index in [0.717, 1.165) is 0 Å². The molecule has 0 bridgehead atoms. The van der Waals surface area contributed by atoms with Crippen LogP contribution in [0.15, 0.2) is 57.7 Å². The number of aromatic nitrogens is 1. The number of fused-ring (bicyclic) bond motifs is 1. The van der Waals surface area contributed by atoms with Gasteiger partial charge in [-0.1, -0.05) is 12.1 Å². The molecule has 0 aliphatic carbocycles. The molecule has 0 radical (unpaired) electrons. The van der Waals surface area contributed by atoms with Crippen molar-refractivity contribution in [1.29, 1.82) is 0 Å². The van der Waals surface area contributed by atoms with Crippen molar-refractivity contribution in [2.75, 3.05) is 0 Å². The van der Waals surface area contributed by atoms with Crippen LogP contribution in [0.25, 0.3) is 22.9 Å². The third kappa shape index (κ3) is 2.93. The number of aliphatic hydroxyl groups excluding tert-OH is 1. The zero-order valence-electron chi connectivity index (χ0n) is 11.7. The quantitative estimate of drug-likeness (QED) is 0.452. The minimum absolute atomic E-state index is 0.0560. The molecule has 3 rings (SSSR count). The number of aliphatic hydroxyl groups is 1. The molecule has 1 N–H and O–H groups in total. The maximum Gasteiger partial charge on any atom is 0.362 e. The number of nitro benzene ring substituents is 1. The predicted molar refractivity (Wildman–Crippen MR) is 83.9 cm³/mol. The van der Waals surface area contributed by atoms with Crippen molar-refractivity contribution in [1.82, 2.24) is 4.98 Å². The maximum atomic E-state index is 11.9. The highest BCUT2D eigenvalue weighted by Crippen LogP contribution is 2.18. The van der Waals surface area contributed by atoms with E-state index in [2.05, 4.69) is 4.98 Å². The molecule has 0 atom stereocenters. The van der Waals surface area contributed by atoms with Crippen LogP contribution >= 0.6 is 0 Å². The van der Waals surface area contributed by atoms with E-state index in [1.54, 1.807) is 24.3 Å². The summed E-state index contributed by atoms with van der Waals surface area (Å²) in [6, 6.07) is 12.0. The maximum absolute atomic E-state index is 11.9. The van der Waals surface area contributed by atoms with Crippen molar-refractivity contribution in [3.8, 4) is 0 Å². The van der Waals surface area contributed by atoms with Gasteiger partial charge in [-0.2, -0.15) is 0 Å². The molecule has 0 amide bonds. The Hall–Kier alpha value is -3.48. The van der Waals surface area contributed by atoms with Crippen LogP contribution in [-0.4, -0.2) is 15.0 Å². The highest BCUT2D eigenvalue weighted by molar-refractivity contribution is 5.78. The molecule has 7 nitrogen and oxygen atoms in total. The van der Waals surface area contributed by atoms with Crippen LogP contribution in [0.5, 0.6) is 0 Å². The van der Waals surface area contributed by atoms with Gasteiger partial charge in [0.25, 0.3) is 5.69 Å². The minimum Gasteiger partial charge on any atom is -0.507 e. The number of para-hydroxylation sites is 2. The summed E-state index contributed by atoms with van der Waals surface area (Å²) in [5, 5.41) is 20.7. The van der Waals surface area contributed by atoms with Crippen LogP contribution in [-0.2, 0) is 0 Å². The molecule has 0 aliphatic rings. The molecule has 3 aromatic rings. The van der Waals surface area contributed by atoms with Crippen molar-refractivity contribution in [3.63, 3.8) is 0 Å². The zero-order valence-corrected chi connectivity index (χ0v) is 11.7. The minimum atomic E-state index is -0.683. The molecule has 0 saturated heterocycles. The first-order chi connectivity index (χ1) is 11.0. The van der Waals surface area contributed by atoms with Crippen LogP contribution in [0.2, 0.25) is 0 Å². The average Bonchev–Trinajstić information content (AvgIpc) is 2.55. The third-order valence-electron chi connectivity index (χ3n) is 3.17. The molecule has 0 unspecified atom stereocenters. The number of nitro groups is 1.